The van der Waals surface area contributed by atoms with E-state index >= 15 is 0 Å². The van der Waals surface area contributed by atoms with Gasteiger partial charge in [0.1, 0.15) is 23.1 Å². The number of ketones is 1. The number of rotatable bonds is 9. The van der Waals surface area contributed by atoms with Gasteiger partial charge in [0, 0.05) is 30.5 Å². The fourth-order valence-electron chi connectivity index (χ4n) is 2.85. The lowest BCUT2D eigenvalue weighted by Gasteiger charge is -2.16. The Morgan fingerprint density at radius 2 is 2.03 bits per heavy atom. The molecule has 30 heavy (non-hydrogen) atoms. The number of alkyl halides is 3. The fourth-order valence-corrected chi connectivity index (χ4v) is 3.07. The van der Waals surface area contributed by atoms with Crippen molar-refractivity contribution in [3.8, 4) is 11.5 Å². The van der Waals surface area contributed by atoms with Crippen LogP contribution < -0.4 is 14.8 Å². The highest BCUT2D eigenvalue weighted by Gasteiger charge is 2.31. The van der Waals surface area contributed by atoms with Gasteiger partial charge in [0.25, 0.3) is 0 Å². The van der Waals surface area contributed by atoms with Crippen LogP contribution in [0, 0.1) is 11.8 Å². The molecule has 3 rings (SSSR count). The van der Waals surface area contributed by atoms with Crippen LogP contribution in [0.4, 0.5) is 13.2 Å². The summed E-state index contributed by atoms with van der Waals surface area (Å²) in [5.74, 6) is -0.222. The van der Waals surface area contributed by atoms with E-state index in [4.69, 9.17) is 16.3 Å². The van der Waals surface area contributed by atoms with Crippen molar-refractivity contribution < 1.29 is 32.2 Å². The number of aliphatic imine (C=N–C) groups is 1. The Bertz CT molecular complexity index is 866. The number of Topliss-reactive ketones (excluding diaryl/α,β-unsaturated/α-hetero) is 1. The second-order valence-corrected chi connectivity index (χ2v) is 7.43. The molecule has 0 spiro atoms. The van der Waals surface area contributed by atoms with Crippen LogP contribution in [0.2, 0.25) is 5.02 Å². The smallest absolute Gasteiger partial charge is 0.492 e. The van der Waals surface area contributed by atoms with Crippen LogP contribution in [-0.4, -0.2) is 30.9 Å². The monoisotopic (exact) mass is 444 g/mol. The lowest BCUT2D eigenvalue weighted by Crippen LogP contribution is -2.27. The van der Waals surface area contributed by atoms with Crippen molar-refractivity contribution >= 4 is 29.5 Å². The first kappa shape index (κ1) is 22.1. The number of allylic oxidation sites excluding steroid dienone is 1. The van der Waals surface area contributed by atoms with Crippen LogP contribution in [0.25, 0.3) is 0 Å². The van der Waals surface area contributed by atoms with Crippen molar-refractivity contribution in [1.82, 2.24) is 5.32 Å². The van der Waals surface area contributed by atoms with Crippen LogP contribution in [-0.2, 0) is 9.59 Å². The first-order valence-electron chi connectivity index (χ1n) is 9.47. The number of nitrogens with one attached hydrogen (secondary N) is 1. The zero-order valence-electron chi connectivity index (χ0n) is 15.9. The van der Waals surface area contributed by atoms with Gasteiger partial charge in [-0.2, -0.15) is 0 Å². The van der Waals surface area contributed by atoms with Crippen molar-refractivity contribution in [3.05, 3.63) is 35.1 Å². The molecule has 1 fully saturated rings. The van der Waals surface area contributed by atoms with E-state index in [1.54, 1.807) is 12.3 Å². The van der Waals surface area contributed by atoms with Gasteiger partial charge in [-0.25, -0.2) is 4.99 Å². The van der Waals surface area contributed by atoms with Crippen LogP contribution in [0.15, 0.2) is 35.1 Å². The van der Waals surface area contributed by atoms with Crippen LogP contribution in [0.3, 0.4) is 0 Å². The summed E-state index contributed by atoms with van der Waals surface area (Å²) in [6.45, 7) is 0.167. The van der Waals surface area contributed by atoms with Gasteiger partial charge in [0.05, 0.1) is 11.6 Å². The molecular weight excluding hydrogens is 425 g/mol. The molecule has 162 valence electrons. The van der Waals surface area contributed by atoms with Gasteiger partial charge >= 0.3 is 6.36 Å². The quantitative estimate of drug-likeness (QED) is 0.572. The maximum Gasteiger partial charge on any atom is 0.573 e. The second kappa shape index (κ2) is 9.51. The van der Waals surface area contributed by atoms with Crippen molar-refractivity contribution in [2.45, 2.75) is 38.5 Å². The van der Waals surface area contributed by atoms with Crippen molar-refractivity contribution in [3.63, 3.8) is 0 Å². The maximum atomic E-state index is 12.4. The molecule has 1 atom stereocenters. The molecule has 1 saturated carbocycles. The number of carbonyl (C=O) groups excluding carboxylic acids is 2. The van der Waals surface area contributed by atoms with E-state index in [-0.39, 0.29) is 47.3 Å². The summed E-state index contributed by atoms with van der Waals surface area (Å²) in [4.78, 5) is 28.3. The van der Waals surface area contributed by atoms with Gasteiger partial charge in [0.2, 0.25) is 5.91 Å². The predicted octanol–water partition coefficient (Wildman–Crippen LogP) is 4.43. The Kier molecular flexibility index (Phi) is 7.02. The minimum atomic E-state index is -4.80. The number of hydrogen-bond acceptors (Lipinski definition) is 5. The number of benzene rings is 1. The van der Waals surface area contributed by atoms with Crippen molar-refractivity contribution in [2.75, 3.05) is 6.61 Å². The molecule has 1 heterocycles. The highest BCUT2D eigenvalue weighted by atomic mass is 35.5. The number of hydrogen-bond donors (Lipinski definition) is 1. The number of halogens is 4. The van der Waals surface area contributed by atoms with Gasteiger partial charge in [-0.3, -0.25) is 9.59 Å². The van der Waals surface area contributed by atoms with E-state index in [0.29, 0.717) is 18.7 Å². The molecule has 1 aromatic carbocycles. The fraction of sp³-hybridized carbons (Fsp3) is 0.450. The average Bonchev–Trinajstić information content (AvgIpc) is 3.51. The number of nitrogens with zero attached hydrogens (tertiary/aromatic N) is 1. The first-order chi connectivity index (χ1) is 14.2. The number of ether oxygens (including phenoxy) is 2. The Morgan fingerprint density at radius 3 is 2.70 bits per heavy atom. The minimum absolute atomic E-state index is 0.0112. The molecule has 0 aromatic heterocycles. The summed E-state index contributed by atoms with van der Waals surface area (Å²) >= 11 is 5.91. The van der Waals surface area contributed by atoms with Crippen LogP contribution in [0.1, 0.15) is 32.1 Å². The molecule has 2 aliphatic rings. The highest BCUT2D eigenvalue weighted by Crippen LogP contribution is 2.32. The molecule has 1 amide bonds. The molecule has 0 bridgehead atoms. The Balaban J connectivity index is 1.42. The standard InChI is InChI=1S/C20H20ClF3N2O4/c21-15-11-14(30-20(22,23)24)5-6-17(15)29-9-1-2-16(27)13-7-8-25-18(10-13)26-19(28)12-3-4-12/h5-6,8,10-13H,1-4,7,9H2,(H,26,28). The zero-order chi connectivity index (χ0) is 21.7. The van der Waals surface area contributed by atoms with Crippen molar-refractivity contribution in [2.24, 2.45) is 16.8 Å². The molecular formula is C20H20ClF3N2O4. The lowest BCUT2D eigenvalue weighted by molar-refractivity contribution is -0.274. The molecule has 10 heteroatoms. The van der Waals surface area contributed by atoms with Gasteiger partial charge in [-0.15, -0.1) is 13.2 Å². The normalized spacial score (nSPS) is 18.5. The SMILES string of the molecule is O=C(CCCOc1ccc(OC(F)(F)F)cc1Cl)C1C=C(NC(=O)C2CC2)N=CC1. The summed E-state index contributed by atoms with van der Waals surface area (Å²) in [7, 11) is 0. The molecule has 1 unspecified atom stereocenters. The third kappa shape index (κ3) is 6.76. The Hall–Kier alpha value is -2.55. The Labute approximate surface area is 176 Å². The van der Waals surface area contributed by atoms with E-state index in [2.05, 4.69) is 15.0 Å². The van der Waals surface area contributed by atoms with E-state index in [1.807, 2.05) is 0 Å². The minimum Gasteiger partial charge on any atom is -0.492 e. The largest absolute Gasteiger partial charge is 0.573 e. The van der Waals surface area contributed by atoms with Gasteiger partial charge in [-0.05, 0) is 43.9 Å². The molecule has 0 saturated heterocycles. The van der Waals surface area contributed by atoms with Gasteiger partial charge in [-0.1, -0.05) is 11.6 Å². The maximum absolute atomic E-state index is 12.4. The van der Waals surface area contributed by atoms with Crippen LogP contribution in [0.5, 0.6) is 11.5 Å². The topological polar surface area (TPSA) is 77.0 Å². The Morgan fingerprint density at radius 1 is 1.27 bits per heavy atom. The molecule has 0 radical (unpaired) electrons. The third-order valence-corrected chi connectivity index (χ3v) is 4.82. The van der Waals surface area contributed by atoms with E-state index in [9.17, 15) is 22.8 Å². The summed E-state index contributed by atoms with van der Waals surface area (Å²) in [5.41, 5.74) is 0. The summed E-state index contributed by atoms with van der Waals surface area (Å²) in [6, 6.07) is 3.39. The van der Waals surface area contributed by atoms with E-state index < -0.39 is 12.1 Å². The summed E-state index contributed by atoms with van der Waals surface area (Å²) < 4.78 is 45.9. The van der Waals surface area contributed by atoms with Gasteiger partial charge in [0.15, 0.2) is 0 Å². The summed E-state index contributed by atoms with van der Waals surface area (Å²) in [5, 5.41) is 2.71. The van der Waals surface area contributed by atoms with E-state index in [1.165, 1.54) is 6.07 Å². The third-order valence-electron chi connectivity index (χ3n) is 4.52. The zero-order valence-corrected chi connectivity index (χ0v) is 16.6. The highest BCUT2D eigenvalue weighted by molar-refractivity contribution is 6.32. The molecule has 1 aliphatic carbocycles. The number of carbonyl (C=O) groups is 2. The van der Waals surface area contributed by atoms with E-state index in [0.717, 1.165) is 25.0 Å². The van der Waals surface area contributed by atoms with Crippen molar-refractivity contribution in [1.29, 1.82) is 0 Å². The molecule has 1 N–H and O–H groups in total. The van der Waals surface area contributed by atoms with Crippen LogP contribution >= 0.6 is 11.6 Å². The van der Waals surface area contributed by atoms with Gasteiger partial charge < -0.3 is 14.8 Å². The first-order valence-corrected chi connectivity index (χ1v) is 9.85. The molecule has 1 aliphatic heterocycles. The average molecular weight is 445 g/mol. The predicted molar refractivity (Wildman–Crippen MR) is 103 cm³/mol. The summed E-state index contributed by atoms with van der Waals surface area (Å²) in [6.07, 6.45) is 1.36. The number of amides is 1. The second-order valence-electron chi connectivity index (χ2n) is 7.03. The molecule has 1 aromatic rings. The molecule has 6 nitrogen and oxygen atoms in total. The lowest BCUT2D eigenvalue weighted by atomic mass is 9.95.